The zero-order chi connectivity index (χ0) is 22.8. The van der Waals surface area contributed by atoms with Gasteiger partial charge < -0.3 is 9.64 Å². The number of hydrogen-bond donors (Lipinski definition) is 0. The van der Waals surface area contributed by atoms with E-state index in [1.165, 1.54) is 22.8 Å². The smallest absolute Gasteiger partial charge is 0.325 e. The number of methoxy groups -OCH3 is 1. The zero-order valence-corrected chi connectivity index (χ0v) is 18.0. The van der Waals surface area contributed by atoms with Gasteiger partial charge >= 0.3 is 5.97 Å². The molecule has 1 heterocycles. The van der Waals surface area contributed by atoms with Crippen LogP contribution in [-0.2, 0) is 28.9 Å². The van der Waals surface area contributed by atoms with Gasteiger partial charge in [0.15, 0.2) is 17.3 Å². The van der Waals surface area contributed by atoms with Crippen LogP contribution in [0, 0.1) is 11.6 Å². The summed E-state index contributed by atoms with van der Waals surface area (Å²) < 4.78 is 33.4. The van der Waals surface area contributed by atoms with Crippen LogP contribution in [0.5, 0.6) is 0 Å². The highest BCUT2D eigenvalue weighted by Crippen LogP contribution is 2.29. The van der Waals surface area contributed by atoms with Crippen molar-refractivity contribution in [1.82, 2.24) is 14.7 Å². The van der Waals surface area contributed by atoms with Crippen LogP contribution in [0.25, 0.3) is 5.69 Å². The molecule has 0 radical (unpaired) electrons. The number of carbonyl (C=O) groups excluding carboxylic acids is 2. The van der Waals surface area contributed by atoms with E-state index in [2.05, 4.69) is 5.10 Å². The molecule has 0 aliphatic heterocycles. The van der Waals surface area contributed by atoms with Crippen LogP contribution in [0.2, 0.25) is 5.02 Å². The van der Waals surface area contributed by atoms with Gasteiger partial charge in [-0.3, -0.25) is 9.59 Å². The summed E-state index contributed by atoms with van der Waals surface area (Å²) in [6, 6.07) is 10.4. The second kappa shape index (κ2) is 9.08. The Morgan fingerprint density at radius 3 is 2.56 bits per heavy atom. The fraction of sp³-hybridized carbons (Fsp3) is 0.261. The van der Waals surface area contributed by atoms with Crippen molar-refractivity contribution in [2.75, 3.05) is 13.7 Å². The third-order valence-corrected chi connectivity index (χ3v) is 5.65. The van der Waals surface area contributed by atoms with E-state index >= 15 is 0 Å². The third kappa shape index (κ3) is 4.36. The number of fused-ring (bicyclic) bond motifs is 1. The van der Waals surface area contributed by atoms with Gasteiger partial charge in [-0.1, -0.05) is 23.7 Å². The van der Waals surface area contributed by atoms with Crippen molar-refractivity contribution in [2.24, 2.45) is 0 Å². The second-order valence-corrected chi connectivity index (χ2v) is 7.94. The maximum atomic E-state index is 13.8. The Morgan fingerprint density at radius 2 is 1.88 bits per heavy atom. The SMILES string of the molecule is COC(=O)CN(Cc1ccc(Cl)cc1)C(=O)c1nn(-c2ccc(F)c(F)c2)c2c1CCC2. The first-order valence-corrected chi connectivity index (χ1v) is 10.4. The van der Waals surface area contributed by atoms with E-state index in [0.29, 0.717) is 23.6 Å². The molecule has 0 fully saturated rings. The summed E-state index contributed by atoms with van der Waals surface area (Å²) in [5.41, 5.74) is 2.84. The Morgan fingerprint density at radius 1 is 1.12 bits per heavy atom. The number of aromatic nitrogens is 2. The number of halogens is 3. The predicted octanol–water partition coefficient (Wildman–Crippen LogP) is 4.11. The Bertz CT molecular complexity index is 1180. The monoisotopic (exact) mass is 459 g/mol. The van der Waals surface area contributed by atoms with Gasteiger partial charge in [0.1, 0.15) is 6.54 Å². The number of ether oxygens (including phenoxy) is 1. The molecule has 0 bridgehead atoms. The summed E-state index contributed by atoms with van der Waals surface area (Å²) in [7, 11) is 1.25. The first kappa shape index (κ1) is 22.0. The zero-order valence-electron chi connectivity index (χ0n) is 17.3. The van der Waals surface area contributed by atoms with Gasteiger partial charge in [0, 0.05) is 28.9 Å². The molecule has 6 nitrogen and oxygen atoms in total. The number of nitrogens with zero attached hydrogens (tertiary/aromatic N) is 3. The molecule has 32 heavy (non-hydrogen) atoms. The molecule has 0 atom stereocenters. The average Bonchev–Trinajstić information content (AvgIpc) is 3.39. The number of amides is 1. The van der Waals surface area contributed by atoms with Crippen LogP contribution < -0.4 is 0 Å². The minimum absolute atomic E-state index is 0.151. The number of esters is 1. The molecular weight excluding hydrogens is 440 g/mol. The van der Waals surface area contributed by atoms with Crippen molar-refractivity contribution in [1.29, 1.82) is 0 Å². The van der Waals surface area contributed by atoms with Crippen LogP contribution in [0.15, 0.2) is 42.5 Å². The molecule has 9 heteroatoms. The molecule has 1 amide bonds. The maximum Gasteiger partial charge on any atom is 0.325 e. The lowest BCUT2D eigenvalue weighted by Crippen LogP contribution is -2.36. The highest BCUT2D eigenvalue weighted by atomic mass is 35.5. The topological polar surface area (TPSA) is 64.4 Å². The second-order valence-electron chi connectivity index (χ2n) is 7.50. The van der Waals surface area contributed by atoms with Gasteiger partial charge in [0.25, 0.3) is 5.91 Å². The Balaban J connectivity index is 1.71. The van der Waals surface area contributed by atoms with Crippen LogP contribution in [0.3, 0.4) is 0 Å². The van der Waals surface area contributed by atoms with Crippen molar-refractivity contribution in [3.63, 3.8) is 0 Å². The molecule has 3 aromatic rings. The Labute approximate surface area is 188 Å². The molecule has 0 saturated carbocycles. The van der Waals surface area contributed by atoms with Gasteiger partial charge in [-0.05, 0) is 49.1 Å². The normalized spacial score (nSPS) is 12.5. The average molecular weight is 460 g/mol. The summed E-state index contributed by atoms with van der Waals surface area (Å²) in [6.45, 7) is -0.108. The molecule has 1 aliphatic rings. The lowest BCUT2D eigenvalue weighted by Gasteiger charge is -2.21. The molecule has 2 aromatic carbocycles. The first-order valence-electron chi connectivity index (χ1n) is 10.0. The quantitative estimate of drug-likeness (QED) is 0.520. The highest BCUT2D eigenvalue weighted by Gasteiger charge is 2.31. The van der Waals surface area contributed by atoms with E-state index < -0.39 is 23.5 Å². The van der Waals surface area contributed by atoms with Crippen LogP contribution in [0.4, 0.5) is 8.78 Å². The Kier molecular flexibility index (Phi) is 6.23. The number of benzene rings is 2. The lowest BCUT2D eigenvalue weighted by molar-refractivity contribution is -0.141. The van der Waals surface area contributed by atoms with Crippen molar-refractivity contribution < 1.29 is 23.1 Å². The lowest BCUT2D eigenvalue weighted by atomic mass is 10.1. The third-order valence-electron chi connectivity index (χ3n) is 5.40. The van der Waals surface area contributed by atoms with E-state index in [1.807, 2.05) is 0 Å². The minimum Gasteiger partial charge on any atom is -0.468 e. The van der Waals surface area contributed by atoms with Crippen molar-refractivity contribution in [3.05, 3.63) is 81.6 Å². The van der Waals surface area contributed by atoms with Crippen LogP contribution in [0.1, 0.15) is 33.7 Å². The molecule has 0 N–H and O–H groups in total. The van der Waals surface area contributed by atoms with E-state index in [-0.39, 0.29) is 18.8 Å². The van der Waals surface area contributed by atoms with Crippen LogP contribution >= 0.6 is 11.6 Å². The van der Waals surface area contributed by atoms with E-state index in [1.54, 1.807) is 24.3 Å². The molecule has 0 saturated heterocycles. The standard InChI is InChI=1S/C23H20ClF2N3O3/c1-32-21(30)13-28(12-14-5-7-15(24)8-6-14)23(31)22-17-3-2-4-20(17)29(27-22)16-9-10-18(25)19(26)11-16/h5-11H,2-4,12-13H2,1H3. The summed E-state index contributed by atoms with van der Waals surface area (Å²) in [5.74, 6) is -2.96. The number of rotatable bonds is 6. The fourth-order valence-corrected chi connectivity index (χ4v) is 3.95. The number of carbonyl (C=O) groups is 2. The Hall–Kier alpha value is -3.26. The van der Waals surface area contributed by atoms with Crippen molar-refractivity contribution >= 4 is 23.5 Å². The predicted molar refractivity (Wildman–Crippen MR) is 114 cm³/mol. The van der Waals surface area contributed by atoms with Gasteiger partial charge in [-0.25, -0.2) is 13.5 Å². The molecule has 166 valence electrons. The molecule has 0 unspecified atom stereocenters. The molecule has 4 rings (SSSR count). The molecule has 1 aromatic heterocycles. The van der Waals surface area contributed by atoms with E-state index in [0.717, 1.165) is 35.4 Å². The number of hydrogen-bond acceptors (Lipinski definition) is 4. The van der Waals surface area contributed by atoms with Gasteiger partial charge in [-0.15, -0.1) is 0 Å². The molecule has 0 spiro atoms. The van der Waals surface area contributed by atoms with Crippen molar-refractivity contribution in [2.45, 2.75) is 25.8 Å². The van der Waals surface area contributed by atoms with Gasteiger partial charge in [0.05, 0.1) is 12.8 Å². The van der Waals surface area contributed by atoms with E-state index in [9.17, 15) is 18.4 Å². The summed E-state index contributed by atoms with van der Waals surface area (Å²) in [6.07, 6.45) is 2.10. The van der Waals surface area contributed by atoms with Gasteiger partial charge in [0.2, 0.25) is 0 Å². The summed E-state index contributed by atoms with van der Waals surface area (Å²) in [5, 5.41) is 5.00. The van der Waals surface area contributed by atoms with Crippen molar-refractivity contribution in [3.8, 4) is 5.69 Å². The van der Waals surface area contributed by atoms with Crippen LogP contribution in [-0.4, -0.2) is 40.2 Å². The molecule has 1 aliphatic carbocycles. The van der Waals surface area contributed by atoms with Gasteiger partial charge in [-0.2, -0.15) is 5.10 Å². The van der Waals surface area contributed by atoms with E-state index in [4.69, 9.17) is 16.3 Å². The minimum atomic E-state index is -0.993. The summed E-state index contributed by atoms with van der Waals surface area (Å²) in [4.78, 5) is 26.8. The first-order chi connectivity index (χ1) is 15.4. The summed E-state index contributed by atoms with van der Waals surface area (Å²) >= 11 is 5.94. The molecular formula is C23H20ClF2N3O3. The largest absolute Gasteiger partial charge is 0.468 e. The maximum absolute atomic E-state index is 13.8. The fourth-order valence-electron chi connectivity index (χ4n) is 3.82. The highest BCUT2D eigenvalue weighted by molar-refractivity contribution is 6.30.